The van der Waals surface area contributed by atoms with E-state index in [-0.39, 0.29) is 12.0 Å². The van der Waals surface area contributed by atoms with Gasteiger partial charge in [-0.15, -0.1) is 11.3 Å². The molecule has 0 radical (unpaired) electrons. The number of aromatic nitrogens is 3. The first-order chi connectivity index (χ1) is 15.1. The Hall–Kier alpha value is -3.01. The number of hydrogen-bond acceptors (Lipinski definition) is 7. The molecule has 1 atom stereocenters. The molecule has 0 spiro atoms. The van der Waals surface area contributed by atoms with Crippen LogP contribution in [0.15, 0.2) is 30.4 Å². The lowest BCUT2D eigenvalue weighted by atomic mass is 10.1. The highest BCUT2D eigenvalue weighted by molar-refractivity contribution is 7.16. The Morgan fingerprint density at radius 2 is 2.03 bits per heavy atom. The van der Waals surface area contributed by atoms with Crippen molar-refractivity contribution in [3.05, 3.63) is 46.6 Å². The molecule has 1 aliphatic carbocycles. The quantitative estimate of drug-likeness (QED) is 0.399. The fraction of sp³-hybridized carbons (Fsp3) is 0.364. The Bertz CT molecular complexity index is 1090. The molecule has 0 aliphatic heterocycles. The summed E-state index contributed by atoms with van der Waals surface area (Å²) in [4.78, 5) is 25.3. The summed E-state index contributed by atoms with van der Waals surface area (Å²) in [6, 6.07) is -0.0957. The molecule has 0 saturated heterocycles. The van der Waals surface area contributed by atoms with Gasteiger partial charge in [-0.1, -0.05) is 24.8 Å². The van der Waals surface area contributed by atoms with Crippen LogP contribution in [-0.2, 0) is 4.79 Å². The number of aryl methyl sites for hydroxylation is 2. The molecular weight excluding hydrogens is 439 g/mol. The SMILES string of the molecule is C=C/C=C(/C)c1sc(-c2c(C)nc(NCC(F)(F)F)nc2NC2CC=C(C=O)C2)nc1C. The third kappa shape index (κ3) is 5.61. The van der Waals surface area contributed by atoms with E-state index in [1.807, 2.05) is 26.0 Å². The molecule has 2 aromatic heterocycles. The van der Waals surface area contributed by atoms with Crippen LogP contribution >= 0.6 is 11.3 Å². The van der Waals surface area contributed by atoms with E-state index in [1.165, 1.54) is 11.3 Å². The molecule has 2 heterocycles. The van der Waals surface area contributed by atoms with Crippen molar-refractivity contribution in [2.45, 2.75) is 45.8 Å². The number of allylic oxidation sites excluding steroid dienone is 3. The fourth-order valence-electron chi connectivity index (χ4n) is 3.46. The smallest absolute Gasteiger partial charge is 0.366 e. The predicted molar refractivity (Wildman–Crippen MR) is 122 cm³/mol. The molecule has 10 heteroatoms. The Morgan fingerprint density at radius 3 is 2.66 bits per heavy atom. The van der Waals surface area contributed by atoms with Crippen LogP contribution in [0.2, 0.25) is 0 Å². The summed E-state index contributed by atoms with van der Waals surface area (Å²) in [5, 5.41) is 6.20. The second-order valence-electron chi connectivity index (χ2n) is 7.52. The van der Waals surface area contributed by atoms with Crippen LogP contribution in [0.5, 0.6) is 0 Å². The standard InChI is InChI=1S/C22H24F3N5OS/c1-5-6-12(2)18-14(4)27-20(32-18)17-13(3)28-21(26-11-22(23,24)25)30-19(17)29-16-8-7-15(9-16)10-31/h5-7,10,16H,1,8-9,11H2,2-4H3,(H2,26,28,29,30)/b12-6-. The van der Waals surface area contributed by atoms with Crippen molar-refractivity contribution in [1.82, 2.24) is 15.0 Å². The van der Waals surface area contributed by atoms with Crippen molar-refractivity contribution in [2.75, 3.05) is 17.2 Å². The summed E-state index contributed by atoms with van der Waals surface area (Å²) in [5.74, 6) is 0.266. The van der Waals surface area contributed by atoms with E-state index in [0.29, 0.717) is 40.5 Å². The van der Waals surface area contributed by atoms with Crippen molar-refractivity contribution < 1.29 is 18.0 Å². The zero-order chi connectivity index (χ0) is 23.5. The van der Waals surface area contributed by atoms with E-state index in [4.69, 9.17) is 0 Å². The first-order valence-corrected chi connectivity index (χ1v) is 10.8. The van der Waals surface area contributed by atoms with Crippen LogP contribution in [0.25, 0.3) is 16.1 Å². The third-order valence-corrected chi connectivity index (χ3v) is 6.22. The number of nitrogens with one attached hydrogen (secondary N) is 2. The minimum atomic E-state index is -4.39. The van der Waals surface area contributed by atoms with Gasteiger partial charge in [0.05, 0.1) is 21.8 Å². The highest BCUT2D eigenvalue weighted by Crippen LogP contribution is 2.38. The molecular formula is C22H24F3N5OS. The monoisotopic (exact) mass is 463 g/mol. The van der Waals surface area contributed by atoms with Crippen molar-refractivity contribution in [3.63, 3.8) is 0 Å². The molecule has 1 aliphatic rings. The van der Waals surface area contributed by atoms with Gasteiger partial charge in [0.25, 0.3) is 0 Å². The topological polar surface area (TPSA) is 79.8 Å². The van der Waals surface area contributed by atoms with E-state index in [1.54, 1.807) is 13.0 Å². The van der Waals surface area contributed by atoms with Gasteiger partial charge in [0, 0.05) is 6.04 Å². The van der Waals surface area contributed by atoms with Gasteiger partial charge in [-0.05, 0) is 44.8 Å². The maximum Gasteiger partial charge on any atom is 0.405 e. The molecule has 0 aromatic carbocycles. The van der Waals surface area contributed by atoms with Crippen LogP contribution in [0.3, 0.4) is 0 Å². The normalized spacial score (nSPS) is 16.6. The predicted octanol–water partition coefficient (Wildman–Crippen LogP) is 5.48. The zero-order valence-electron chi connectivity index (χ0n) is 18.0. The van der Waals surface area contributed by atoms with Crippen molar-refractivity contribution >= 4 is 35.0 Å². The van der Waals surface area contributed by atoms with Crippen LogP contribution in [-0.4, -0.2) is 40.0 Å². The summed E-state index contributed by atoms with van der Waals surface area (Å²) in [6.45, 7) is 8.06. The van der Waals surface area contributed by atoms with Gasteiger partial charge in [0.1, 0.15) is 23.7 Å². The maximum atomic E-state index is 12.7. The molecule has 6 nitrogen and oxygen atoms in total. The summed E-state index contributed by atoms with van der Waals surface area (Å²) in [5.41, 5.74) is 3.65. The number of hydrogen-bond donors (Lipinski definition) is 2. The molecule has 3 rings (SSSR count). The number of alkyl halides is 3. The molecule has 1 unspecified atom stereocenters. The zero-order valence-corrected chi connectivity index (χ0v) is 18.8. The lowest BCUT2D eigenvalue weighted by Crippen LogP contribution is -2.24. The van der Waals surface area contributed by atoms with Gasteiger partial charge in [-0.3, -0.25) is 4.79 Å². The number of thiazole rings is 1. The van der Waals surface area contributed by atoms with E-state index in [2.05, 4.69) is 32.2 Å². The molecule has 0 fully saturated rings. The number of carbonyl (C=O) groups is 1. The van der Waals surface area contributed by atoms with Gasteiger partial charge in [-0.2, -0.15) is 18.2 Å². The number of anilines is 2. The number of halogens is 3. The third-order valence-electron chi connectivity index (χ3n) is 4.91. The Balaban J connectivity index is 2.02. The van der Waals surface area contributed by atoms with Crippen molar-refractivity contribution in [2.24, 2.45) is 0 Å². The van der Waals surface area contributed by atoms with Crippen LogP contribution in [0, 0.1) is 13.8 Å². The molecule has 2 aromatic rings. The highest BCUT2D eigenvalue weighted by Gasteiger charge is 2.28. The summed E-state index contributed by atoms with van der Waals surface area (Å²) < 4.78 is 38.1. The van der Waals surface area contributed by atoms with E-state index < -0.39 is 12.7 Å². The number of nitrogens with zero attached hydrogens (tertiary/aromatic N) is 3. The van der Waals surface area contributed by atoms with Crippen LogP contribution in [0.4, 0.5) is 24.9 Å². The Morgan fingerprint density at radius 1 is 1.28 bits per heavy atom. The molecule has 32 heavy (non-hydrogen) atoms. The minimum Gasteiger partial charge on any atom is -0.366 e. The second-order valence-corrected chi connectivity index (χ2v) is 8.52. The van der Waals surface area contributed by atoms with Gasteiger partial charge in [0.15, 0.2) is 0 Å². The molecule has 170 valence electrons. The Kier molecular flexibility index (Phi) is 7.12. The van der Waals surface area contributed by atoms with Gasteiger partial charge >= 0.3 is 6.18 Å². The minimum absolute atomic E-state index is 0.0957. The summed E-state index contributed by atoms with van der Waals surface area (Å²) >= 11 is 1.46. The molecule has 0 amide bonds. The van der Waals surface area contributed by atoms with Gasteiger partial charge < -0.3 is 10.6 Å². The summed E-state index contributed by atoms with van der Waals surface area (Å²) in [7, 11) is 0. The van der Waals surface area contributed by atoms with Crippen LogP contribution in [0.1, 0.15) is 36.0 Å². The lowest BCUT2D eigenvalue weighted by Gasteiger charge is -2.18. The van der Waals surface area contributed by atoms with E-state index >= 15 is 0 Å². The van der Waals surface area contributed by atoms with Crippen LogP contribution < -0.4 is 10.6 Å². The highest BCUT2D eigenvalue weighted by atomic mass is 32.1. The number of rotatable bonds is 8. The second kappa shape index (κ2) is 9.64. The average molecular weight is 464 g/mol. The fourth-order valence-corrected chi connectivity index (χ4v) is 4.60. The van der Waals surface area contributed by atoms with Crippen molar-refractivity contribution in [3.8, 4) is 10.6 Å². The van der Waals surface area contributed by atoms with Gasteiger partial charge in [0.2, 0.25) is 5.95 Å². The first-order valence-electron chi connectivity index (χ1n) is 9.98. The van der Waals surface area contributed by atoms with Gasteiger partial charge in [-0.25, -0.2) is 9.97 Å². The van der Waals surface area contributed by atoms with E-state index in [9.17, 15) is 18.0 Å². The first kappa shape index (κ1) is 23.6. The largest absolute Gasteiger partial charge is 0.405 e. The lowest BCUT2D eigenvalue weighted by molar-refractivity contribution is -0.115. The number of aldehydes is 1. The average Bonchev–Trinajstić information content (AvgIpc) is 3.32. The number of carbonyl (C=O) groups excluding carboxylic acids is 1. The Labute approximate surface area is 188 Å². The molecule has 0 saturated carbocycles. The maximum absolute atomic E-state index is 12.7. The van der Waals surface area contributed by atoms with Crippen molar-refractivity contribution in [1.29, 1.82) is 0 Å². The molecule has 0 bridgehead atoms. The molecule has 2 N–H and O–H groups in total. The van der Waals surface area contributed by atoms with E-state index in [0.717, 1.165) is 22.4 Å². The summed E-state index contributed by atoms with van der Waals surface area (Å²) in [6.07, 6.45) is 2.99.